The highest BCUT2D eigenvalue weighted by Crippen LogP contribution is 2.26. The van der Waals surface area contributed by atoms with E-state index in [2.05, 4.69) is 19.8 Å². The number of rotatable bonds is 6. The summed E-state index contributed by atoms with van der Waals surface area (Å²) in [5, 5.41) is 3.89. The largest absolute Gasteiger partial charge is 0.337 e. The van der Waals surface area contributed by atoms with E-state index in [0.29, 0.717) is 5.82 Å². The van der Waals surface area contributed by atoms with Gasteiger partial charge in [0.25, 0.3) is 0 Å². The van der Waals surface area contributed by atoms with E-state index in [1.807, 2.05) is 0 Å². The van der Waals surface area contributed by atoms with Gasteiger partial charge in [-0.2, -0.15) is 4.98 Å². The molecule has 7 nitrogen and oxygen atoms in total. The summed E-state index contributed by atoms with van der Waals surface area (Å²) in [6.45, 7) is 1.70. The van der Waals surface area contributed by atoms with Gasteiger partial charge in [-0.15, -0.1) is 0 Å². The number of pyridine rings is 1. The first-order chi connectivity index (χ1) is 11.0. The minimum Gasteiger partial charge on any atom is -0.337 e. The Bertz CT molecular complexity index is 739. The first-order valence-electron chi connectivity index (χ1n) is 7.77. The third kappa shape index (κ3) is 4.14. The Morgan fingerprint density at radius 2 is 2.00 bits per heavy atom. The van der Waals surface area contributed by atoms with Gasteiger partial charge >= 0.3 is 0 Å². The molecule has 2 aromatic rings. The van der Waals surface area contributed by atoms with Crippen LogP contribution in [0.4, 0.5) is 0 Å². The van der Waals surface area contributed by atoms with Gasteiger partial charge < -0.3 is 4.52 Å². The summed E-state index contributed by atoms with van der Waals surface area (Å²) in [5.74, 6) is 1.11. The van der Waals surface area contributed by atoms with Crippen molar-refractivity contribution in [2.24, 2.45) is 5.92 Å². The fourth-order valence-electron chi connectivity index (χ4n) is 2.88. The van der Waals surface area contributed by atoms with Crippen LogP contribution in [0.1, 0.15) is 44.5 Å². The van der Waals surface area contributed by atoms with Crippen molar-refractivity contribution in [3.63, 3.8) is 0 Å². The average Bonchev–Trinajstić information content (AvgIpc) is 3.18. The molecule has 1 aliphatic carbocycles. The molecule has 1 atom stereocenters. The van der Waals surface area contributed by atoms with Gasteiger partial charge in [-0.05, 0) is 37.8 Å². The number of nitrogens with zero attached hydrogens (tertiary/aromatic N) is 3. The third-order valence-electron chi connectivity index (χ3n) is 4.04. The smallest absolute Gasteiger partial charge is 0.244 e. The highest BCUT2D eigenvalue weighted by Gasteiger charge is 2.26. The molecule has 2 heterocycles. The molecule has 124 valence electrons. The van der Waals surface area contributed by atoms with E-state index >= 15 is 0 Å². The van der Waals surface area contributed by atoms with Gasteiger partial charge in [-0.1, -0.05) is 18.0 Å². The minimum absolute atomic E-state index is 0.169. The first kappa shape index (κ1) is 16.1. The van der Waals surface area contributed by atoms with Gasteiger partial charge in [-0.25, -0.2) is 13.1 Å². The Labute approximate surface area is 135 Å². The summed E-state index contributed by atoms with van der Waals surface area (Å²) in [5.41, 5.74) is 0.774. The summed E-state index contributed by atoms with van der Waals surface area (Å²) in [4.78, 5) is 8.20. The fourth-order valence-corrected chi connectivity index (χ4v) is 4.57. The maximum absolute atomic E-state index is 12.2. The topological polar surface area (TPSA) is 98.0 Å². The zero-order valence-corrected chi connectivity index (χ0v) is 13.8. The van der Waals surface area contributed by atoms with Crippen LogP contribution in [0.25, 0.3) is 11.4 Å². The molecule has 3 rings (SSSR count). The molecular formula is C15H20N4O3S. The van der Waals surface area contributed by atoms with E-state index in [9.17, 15) is 8.42 Å². The highest BCUT2D eigenvalue weighted by atomic mass is 32.2. The number of hydrogen-bond donors (Lipinski definition) is 1. The number of hydrogen-bond acceptors (Lipinski definition) is 6. The van der Waals surface area contributed by atoms with Gasteiger partial charge in [0.2, 0.25) is 21.7 Å². The van der Waals surface area contributed by atoms with Gasteiger partial charge in [0.05, 0.1) is 11.8 Å². The molecule has 8 heteroatoms. The standard InChI is InChI=1S/C15H20N4O3S/c1-11(19-23(20,21)10-12-4-2-3-5-12)15-17-14(18-22-15)13-6-8-16-9-7-13/h6-9,11-12,19H,2-5,10H2,1H3. The first-order valence-corrected chi connectivity index (χ1v) is 9.43. The van der Waals surface area contributed by atoms with Crippen molar-refractivity contribution in [3.05, 3.63) is 30.4 Å². The third-order valence-corrected chi connectivity index (χ3v) is 5.66. The van der Waals surface area contributed by atoms with E-state index in [1.165, 1.54) is 0 Å². The van der Waals surface area contributed by atoms with Crippen molar-refractivity contribution in [1.29, 1.82) is 0 Å². The molecule has 0 radical (unpaired) electrons. The van der Waals surface area contributed by atoms with Crippen molar-refractivity contribution in [3.8, 4) is 11.4 Å². The predicted octanol–water partition coefficient (Wildman–Crippen LogP) is 2.30. The number of nitrogens with one attached hydrogen (secondary N) is 1. The zero-order valence-electron chi connectivity index (χ0n) is 13.0. The average molecular weight is 336 g/mol. The van der Waals surface area contributed by atoms with E-state index in [1.54, 1.807) is 31.5 Å². The van der Waals surface area contributed by atoms with Crippen LogP contribution in [-0.4, -0.2) is 29.3 Å². The number of aromatic nitrogens is 3. The Morgan fingerprint density at radius 1 is 1.30 bits per heavy atom. The molecule has 1 unspecified atom stereocenters. The van der Waals surface area contributed by atoms with Crippen LogP contribution in [0.3, 0.4) is 0 Å². The van der Waals surface area contributed by atoms with Crippen LogP contribution in [0.15, 0.2) is 29.0 Å². The minimum atomic E-state index is -3.36. The van der Waals surface area contributed by atoms with Gasteiger partial charge in [-0.3, -0.25) is 4.98 Å². The SMILES string of the molecule is CC(NS(=O)(=O)CC1CCCC1)c1nc(-c2ccncc2)no1. The summed E-state index contributed by atoms with van der Waals surface area (Å²) in [6, 6.07) is 2.98. The van der Waals surface area contributed by atoms with E-state index < -0.39 is 16.1 Å². The lowest BCUT2D eigenvalue weighted by molar-refractivity contribution is 0.353. The van der Waals surface area contributed by atoms with Crippen molar-refractivity contribution < 1.29 is 12.9 Å². The molecule has 0 bridgehead atoms. The van der Waals surface area contributed by atoms with Gasteiger partial charge in [0.1, 0.15) is 0 Å². The van der Waals surface area contributed by atoms with E-state index in [4.69, 9.17) is 4.52 Å². The summed E-state index contributed by atoms with van der Waals surface area (Å²) < 4.78 is 32.3. The Balaban J connectivity index is 1.66. The fraction of sp³-hybridized carbons (Fsp3) is 0.533. The predicted molar refractivity (Wildman–Crippen MR) is 84.8 cm³/mol. The molecule has 0 amide bonds. The molecular weight excluding hydrogens is 316 g/mol. The molecule has 23 heavy (non-hydrogen) atoms. The van der Waals surface area contributed by atoms with Gasteiger partial charge in [0, 0.05) is 18.0 Å². The summed E-state index contributed by atoms with van der Waals surface area (Å²) in [7, 11) is -3.36. The molecule has 1 aliphatic rings. The molecule has 0 aliphatic heterocycles. The van der Waals surface area contributed by atoms with Crippen molar-refractivity contribution >= 4 is 10.0 Å². The number of sulfonamides is 1. The summed E-state index contributed by atoms with van der Waals surface area (Å²) in [6.07, 6.45) is 7.49. The van der Waals surface area contributed by atoms with E-state index in [0.717, 1.165) is 31.2 Å². The second-order valence-corrected chi connectivity index (χ2v) is 7.76. The lowest BCUT2D eigenvalue weighted by Crippen LogP contribution is -2.31. The summed E-state index contributed by atoms with van der Waals surface area (Å²) >= 11 is 0. The Kier molecular flexibility index (Phi) is 4.72. The molecule has 0 aromatic carbocycles. The van der Waals surface area contributed by atoms with Crippen LogP contribution in [0.5, 0.6) is 0 Å². The Morgan fingerprint density at radius 3 is 2.70 bits per heavy atom. The molecule has 1 fully saturated rings. The molecule has 0 saturated heterocycles. The van der Waals surface area contributed by atoms with Gasteiger partial charge in [0.15, 0.2) is 0 Å². The van der Waals surface area contributed by atoms with Crippen LogP contribution in [0.2, 0.25) is 0 Å². The maximum atomic E-state index is 12.2. The van der Waals surface area contributed by atoms with Crippen LogP contribution in [0, 0.1) is 5.92 Å². The molecule has 2 aromatic heterocycles. The quantitative estimate of drug-likeness (QED) is 0.869. The Hall–Kier alpha value is -1.80. The second-order valence-electron chi connectivity index (χ2n) is 5.96. The van der Waals surface area contributed by atoms with Crippen LogP contribution >= 0.6 is 0 Å². The van der Waals surface area contributed by atoms with Crippen molar-refractivity contribution in [1.82, 2.24) is 19.8 Å². The zero-order chi connectivity index (χ0) is 16.3. The van der Waals surface area contributed by atoms with Crippen molar-refractivity contribution in [2.75, 3.05) is 5.75 Å². The second kappa shape index (κ2) is 6.76. The maximum Gasteiger partial charge on any atom is 0.244 e. The highest BCUT2D eigenvalue weighted by molar-refractivity contribution is 7.89. The monoisotopic (exact) mass is 336 g/mol. The van der Waals surface area contributed by atoms with E-state index in [-0.39, 0.29) is 17.6 Å². The normalized spacial score (nSPS) is 17.4. The lowest BCUT2D eigenvalue weighted by Gasteiger charge is -2.13. The van der Waals surface area contributed by atoms with Crippen LogP contribution < -0.4 is 4.72 Å². The lowest BCUT2D eigenvalue weighted by atomic mass is 10.1. The molecule has 1 saturated carbocycles. The van der Waals surface area contributed by atoms with Crippen LogP contribution in [-0.2, 0) is 10.0 Å². The van der Waals surface area contributed by atoms with Crippen molar-refractivity contribution in [2.45, 2.75) is 38.6 Å². The molecule has 1 N–H and O–H groups in total. The molecule has 0 spiro atoms.